The van der Waals surface area contributed by atoms with Crippen LogP contribution in [0.4, 0.5) is 4.39 Å². The lowest BCUT2D eigenvalue weighted by molar-refractivity contribution is 0.507. The minimum atomic E-state index is -0.227. The van der Waals surface area contributed by atoms with Gasteiger partial charge in [0.05, 0.1) is 16.4 Å². The van der Waals surface area contributed by atoms with Crippen LogP contribution in [0.1, 0.15) is 51.2 Å². The summed E-state index contributed by atoms with van der Waals surface area (Å²) in [6, 6.07) is 4.71. The molecule has 0 bridgehead atoms. The van der Waals surface area contributed by atoms with Crippen molar-refractivity contribution >= 4 is 22.6 Å². The fourth-order valence-corrected chi connectivity index (χ4v) is 2.64. The highest BCUT2D eigenvalue weighted by Crippen LogP contribution is 2.25. The summed E-state index contributed by atoms with van der Waals surface area (Å²) in [5.74, 6) is 1.32. The van der Waals surface area contributed by atoms with Gasteiger partial charge in [0.1, 0.15) is 11.6 Å². The van der Waals surface area contributed by atoms with Crippen molar-refractivity contribution < 1.29 is 4.39 Å². The number of halogens is 2. The Morgan fingerprint density at radius 2 is 2.00 bits per heavy atom. The maximum Gasteiger partial charge on any atom is 0.127 e. The molecule has 2 nitrogen and oxygen atoms in total. The Labute approximate surface area is 125 Å². The van der Waals surface area contributed by atoms with Crippen molar-refractivity contribution in [2.45, 2.75) is 52.0 Å². The molecule has 1 unspecified atom stereocenters. The first-order valence-corrected chi connectivity index (χ1v) is 7.72. The van der Waals surface area contributed by atoms with Gasteiger partial charge in [-0.15, -0.1) is 11.6 Å². The van der Waals surface area contributed by atoms with E-state index < -0.39 is 0 Å². The predicted octanol–water partition coefficient (Wildman–Crippen LogP) is 5.30. The zero-order chi connectivity index (χ0) is 14.7. The third-order valence-electron chi connectivity index (χ3n) is 3.51. The molecule has 0 radical (unpaired) electrons. The van der Waals surface area contributed by atoms with Crippen LogP contribution in [-0.4, -0.2) is 9.55 Å². The summed E-state index contributed by atoms with van der Waals surface area (Å²) in [7, 11) is 0. The summed E-state index contributed by atoms with van der Waals surface area (Å²) in [5, 5.41) is -0.171. The first kappa shape index (κ1) is 15.3. The molecule has 4 heteroatoms. The molecule has 0 saturated carbocycles. The molecular formula is C16H22ClFN2. The van der Waals surface area contributed by atoms with E-state index in [1.165, 1.54) is 18.9 Å². The van der Waals surface area contributed by atoms with Gasteiger partial charge >= 0.3 is 0 Å². The van der Waals surface area contributed by atoms with Crippen molar-refractivity contribution in [3.63, 3.8) is 0 Å². The Kier molecular flexibility index (Phi) is 5.03. The van der Waals surface area contributed by atoms with Gasteiger partial charge in [-0.25, -0.2) is 9.37 Å². The average Bonchev–Trinajstić information content (AvgIpc) is 2.73. The number of fused-ring (bicyclic) bond motifs is 1. The molecule has 1 aromatic carbocycles. The molecule has 2 aromatic rings. The fourth-order valence-electron chi connectivity index (χ4n) is 2.48. The average molecular weight is 297 g/mol. The molecule has 0 saturated heterocycles. The van der Waals surface area contributed by atoms with E-state index in [1.807, 2.05) is 6.92 Å². The summed E-state index contributed by atoms with van der Waals surface area (Å²) in [6.45, 7) is 7.21. The Morgan fingerprint density at radius 3 is 2.65 bits per heavy atom. The van der Waals surface area contributed by atoms with Crippen LogP contribution >= 0.6 is 11.6 Å². The molecule has 2 rings (SSSR count). The van der Waals surface area contributed by atoms with E-state index in [2.05, 4.69) is 23.4 Å². The van der Waals surface area contributed by atoms with Crippen LogP contribution in [0.25, 0.3) is 11.0 Å². The number of nitrogens with zero attached hydrogens (tertiary/aromatic N) is 2. The van der Waals surface area contributed by atoms with Gasteiger partial charge in [-0.1, -0.05) is 26.7 Å². The summed E-state index contributed by atoms with van der Waals surface area (Å²) < 4.78 is 15.5. The van der Waals surface area contributed by atoms with Gasteiger partial charge in [0.15, 0.2) is 0 Å². The zero-order valence-corrected chi connectivity index (χ0v) is 13.1. The second-order valence-electron chi connectivity index (χ2n) is 5.76. The van der Waals surface area contributed by atoms with E-state index in [9.17, 15) is 4.39 Å². The standard InChI is InChI=1S/C16H22ClFN2/c1-11(2)6-4-5-9-20-15-10-13(18)7-8-14(15)19-16(20)12(3)17/h7-8,10-12H,4-6,9H2,1-3H3. The Bertz CT molecular complexity index is 575. The third kappa shape index (κ3) is 3.51. The smallest absolute Gasteiger partial charge is 0.127 e. The van der Waals surface area contributed by atoms with Crippen LogP contribution < -0.4 is 0 Å². The van der Waals surface area contributed by atoms with Crippen LogP contribution in [0, 0.1) is 11.7 Å². The van der Waals surface area contributed by atoms with Gasteiger partial charge in [0.25, 0.3) is 0 Å². The molecule has 0 amide bonds. The number of rotatable bonds is 6. The number of alkyl halides is 1. The normalized spacial score (nSPS) is 13.3. The van der Waals surface area contributed by atoms with Crippen LogP contribution in [0.3, 0.4) is 0 Å². The monoisotopic (exact) mass is 296 g/mol. The van der Waals surface area contributed by atoms with Crippen LogP contribution in [0.5, 0.6) is 0 Å². The third-order valence-corrected chi connectivity index (χ3v) is 3.70. The predicted molar refractivity (Wildman–Crippen MR) is 82.6 cm³/mol. The largest absolute Gasteiger partial charge is 0.327 e. The summed E-state index contributed by atoms with van der Waals surface area (Å²) in [6.07, 6.45) is 3.45. The molecule has 0 spiro atoms. The molecule has 1 heterocycles. The molecule has 0 aliphatic rings. The maximum atomic E-state index is 13.4. The lowest BCUT2D eigenvalue weighted by Crippen LogP contribution is -2.05. The number of imidazole rings is 1. The SMILES string of the molecule is CC(C)CCCCn1c(C(C)Cl)nc2ccc(F)cc21. The van der Waals surface area contributed by atoms with E-state index in [4.69, 9.17) is 11.6 Å². The van der Waals surface area contributed by atoms with Gasteiger partial charge in [0, 0.05) is 6.54 Å². The topological polar surface area (TPSA) is 17.8 Å². The molecule has 0 fully saturated rings. The molecule has 20 heavy (non-hydrogen) atoms. The summed E-state index contributed by atoms with van der Waals surface area (Å²) in [4.78, 5) is 4.53. The van der Waals surface area contributed by atoms with Crippen LogP contribution in [0.15, 0.2) is 18.2 Å². The van der Waals surface area contributed by atoms with E-state index in [0.717, 1.165) is 35.7 Å². The number of unbranched alkanes of at least 4 members (excludes halogenated alkanes) is 1. The first-order chi connectivity index (χ1) is 9.49. The maximum absolute atomic E-state index is 13.4. The van der Waals surface area contributed by atoms with E-state index in [0.29, 0.717) is 0 Å². The quantitative estimate of drug-likeness (QED) is 0.522. The van der Waals surface area contributed by atoms with E-state index in [1.54, 1.807) is 12.1 Å². The highest BCUT2D eigenvalue weighted by atomic mass is 35.5. The van der Waals surface area contributed by atoms with Crippen molar-refractivity contribution in [1.29, 1.82) is 0 Å². The highest BCUT2D eigenvalue weighted by Gasteiger charge is 2.15. The molecule has 1 atom stereocenters. The Hall–Kier alpha value is -1.09. The van der Waals surface area contributed by atoms with E-state index >= 15 is 0 Å². The van der Waals surface area contributed by atoms with E-state index in [-0.39, 0.29) is 11.2 Å². The fraction of sp³-hybridized carbons (Fsp3) is 0.562. The van der Waals surface area contributed by atoms with Gasteiger partial charge in [-0.2, -0.15) is 0 Å². The van der Waals surface area contributed by atoms with Crippen molar-refractivity contribution in [2.24, 2.45) is 5.92 Å². The Balaban J connectivity index is 2.24. The number of hydrogen-bond donors (Lipinski definition) is 0. The second kappa shape index (κ2) is 6.57. The minimum absolute atomic E-state index is 0.171. The summed E-state index contributed by atoms with van der Waals surface area (Å²) >= 11 is 6.21. The number of aryl methyl sites for hydroxylation is 1. The molecule has 0 N–H and O–H groups in total. The first-order valence-electron chi connectivity index (χ1n) is 7.28. The van der Waals surface area contributed by atoms with Crippen molar-refractivity contribution in [3.8, 4) is 0 Å². The Morgan fingerprint density at radius 1 is 1.25 bits per heavy atom. The minimum Gasteiger partial charge on any atom is -0.327 e. The van der Waals surface area contributed by atoms with Crippen molar-refractivity contribution in [1.82, 2.24) is 9.55 Å². The van der Waals surface area contributed by atoms with Gasteiger partial charge in [-0.05, 0) is 37.5 Å². The molecule has 0 aliphatic carbocycles. The summed E-state index contributed by atoms with van der Waals surface area (Å²) in [5.41, 5.74) is 1.66. The van der Waals surface area contributed by atoms with Gasteiger partial charge < -0.3 is 4.57 Å². The molecule has 1 aromatic heterocycles. The molecule has 0 aliphatic heterocycles. The molecule has 110 valence electrons. The number of hydrogen-bond acceptors (Lipinski definition) is 1. The lowest BCUT2D eigenvalue weighted by atomic mass is 10.1. The van der Waals surface area contributed by atoms with Crippen LogP contribution in [0.2, 0.25) is 0 Å². The van der Waals surface area contributed by atoms with Gasteiger partial charge in [-0.3, -0.25) is 0 Å². The van der Waals surface area contributed by atoms with Crippen molar-refractivity contribution in [3.05, 3.63) is 29.8 Å². The second-order valence-corrected chi connectivity index (χ2v) is 6.41. The van der Waals surface area contributed by atoms with Crippen LogP contribution in [-0.2, 0) is 6.54 Å². The van der Waals surface area contributed by atoms with Gasteiger partial charge in [0.2, 0.25) is 0 Å². The molecular weight excluding hydrogens is 275 g/mol. The number of benzene rings is 1. The lowest BCUT2D eigenvalue weighted by Gasteiger charge is -2.11. The highest BCUT2D eigenvalue weighted by molar-refractivity contribution is 6.20. The zero-order valence-electron chi connectivity index (χ0n) is 12.4. The van der Waals surface area contributed by atoms with Crippen molar-refractivity contribution in [2.75, 3.05) is 0 Å². The number of aromatic nitrogens is 2.